The Kier molecular flexibility index (Phi) is 7.04. The molecule has 3 heterocycles. The van der Waals surface area contributed by atoms with Gasteiger partial charge < -0.3 is 15.7 Å². The number of anilines is 2. The maximum Gasteiger partial charge on any atom is 0.211 e. The molecule has 0 radical (unpaired) electrons. The van der Waals surface area contributed by atoms with Crippen LogP contribution < -0.4 is 10.6 Å². The zero-order chi connectivity index (χ0) is 24.2. The van der Waals surface area contributed by atoms with Gasteiger partial charge in [-0.15, -0.1) is 0 Å². The number of aromatic nitrogens is 3. The molecule has 0 bridgehead atoms. The summed E-state index contributed by atoms with van der Waals surface area (Å²) in [6.45, 7) is 3.85. The summed E-state index contributed by atoms with van der Waals surface area (Å²) in [6, 6.07) is 14.3. The Balaban J connectivity index is 0.000000180. The first-order valence-electron chi connectivity index (χ1n) is 10.5. The molecule has 5 rings (SSSR count). The number of aliphatic hydroxyl groups excluding tert-OH is 1. The number of hydrogen-bond acceptors (Lipinski definition) is 5. The van der Waals surface area contributed by atoms with Crippen LogP contribution in [0.15, 0.2) is 76.7 Å². The van der Waals surface area contributed by atoms with Crippen molar-refractivity contribution in [3.05, 3.63) is 93.7 Å². The van der Waals surface area contributed by atoms with Crippen molar-refractivity contribution < 1.29 is 14.3 Å². The average Bonchev–Trinajstić information content (AvgIpc) is 3.25. The molecule has 1 aliphatic heterocycles. The predicted octanol–water partition coefficient (Wildman–Crippen LogP) is 5.39. The summed E-state index contributed by atoms with van der Waals surface area (Å²) in [5, 5.41) is 21.7. The molecular formula is C25H23BrFN5O2. The number of rotatable bonds is 4. The van der Waals surface area contributed by atoms with Gasteiger partial charge in [0.05, 0.1) is 16.8 Å². The highest BCUT2D eigenvalue weighted by Gasteiger charge is 2.27. The first-order chi connectivity index (χ1) is 16.4. The van der Waals surface area contributed by atoms with Crippen molar-refractivity contribution in [2.45, 2.75) is 26.5 Å². The lowest BCUT2D eigenvalue weighted by Crippen LogP contribution is -2.23. The number of carbonyl (C=O) groups excluding carboxylic acids is 1. The van der Waals surface area contributed by atoms with Crippen LogP contribution in [0.2, 0.25) is 0 Å². The van der Waals surface area contributed by atoms with E-state index < -0.39 is 0 Å². The average molecular weight is 524 g/mol. The van der Waals surface area contributed by atoms with Crippen molar-refractivity contribution in [1.29, 1.82) is 0 Å². The second-order valence-corrected chi connectivity index (χ2v) is 8.69. The number of benzene rings is 2. The van der Waals surface area contributed by atoms with E-state index in [-0.39, 0.29) is 18.5 Å². The fourth-order valence-corrected chi connectivity index (χ4v) is 4.05. The second-order valence-electron chi connectivity index (χ2n) is 7.83. The van der Waals surface area contributed by atoms with Gasteiger partial charge in [0.15, 0.2) is 0 Å². The molecule has 0 spiro atoms. The molecule has 7 nitrogen and oxygen atoms in total. The Morgan fingerprint density at radius 1 is 1.18 bits per heavy atom. The van der Waals surface area contributed by atoms with Gasteiger partial charge in [0, 0.05) is 35.2 Å². The highest BCUT2D eigenvalue weighted by Crippen LogP contribution is 2.36. The minimum Gasteiger partial charge on any atom is -0.390 e. The molecule has 0 fully saturated rings. The van der Waals surface area contributed by atoms with E-state index in [0.29, 0.717) is 16.6 Å². The van der Waals surface area contributed by atoms with Crippen LogP contribution in [0.4, 0.5) is 15.9 Å². The van der Waals surface area contributed by atoms with Gasteiger partial charge >= 0.3 is 0 Å². The number of pyridine rings is 1. The number of fused-ring (bicyclic) bond motifs is 2. The Morgan fingerprint density at radius 3 is 2.74 bits per heavy atom. The molecule has 174 valence electrons. The fraction of sp³-hybridized carbons (Fsp3) is 0.160. The van der Waals surface area contributed by atoms with Gasteiger partial charge in [-0.25, -0.2) is 9.07 Å². The number of amides is 1. The molecule has 1 amide bonds. The quantitative estimate of drug-likeness (QED) is 0.312. The predicted molar refractivity (Wildman–Crippen MR) is 134 cm³/mol. The van der Waals surface area contributed by atoms with E-state index in [0.717, 1.165) is 39.1 Å². The summed E-state index contributed by atoms with van der Waals surface area (Å²) in [7, 11) is 0. The van der Waals surface area contributed by atoms with Crippen LogP contribution in [0.3, 0.4) is 0 Å². The lowest BCUT2D eigenvalue weighted by atomic mass is 9.97. The fourth-order valence-electron chi connectivity index (χ4n) is 3.81. The van der Waals surface area contributed by atoms with Gasteiger partial charge in [0.2, 0.25) is 6.41 Å². The molecule has 1 unspecified atom stereocenters. The summed E-state index contributed by atoms with van der Waals surface area (Å²) >= 11 is 3.17. The van der Waals surface area contributed by atoms with E-state index in [1.807, 2.05) is 44.2 Å². The summed E-state index contributed by atoms with van der Waals surface area (Å²) in [5.74, 6) is 0.503. The first kappa shape index (κ1) is 23.6. The maximum atomic E-state index is 13.9. The van der Waals surface area contributed by atoms with Crippen LogP contribution in [-0.2, 0) is 11.4 Å². The molecule has 0 aliphatic carbocycles. The number of carbonyl (C=O) groups is 1. The molecule has 9 heteroatoms. The van der Waals surface area contributed by atoms with E-state index in [2.05, 4.69) is 36.6 Å². The topological polar surface area (TPSA) is 92.1 Å². The van der Waals surface area contributed by atoms with E-state index >= 15 is 0 Å². The maximum absolute atomic E-state index is 13.9. The summed E-state index contributed by atoms with van der Waals surface area (Å²) in [5.41, 5.74) is 4.29. The zero-order valence-corrected chi connectivity index (χ0v) is 20.2. The van der Waals surface area contributed by atoms with Gasteiger partial charge in [-0.05, 0) is 76.6 Å². The molecule has 2 aromatic carbocycles. The minimum atomic E-state index is -0.299. The number of halogens is 2. The van der Waals surface area contributed by atoms with E-state index in [4.69, 9.17) is 0 Å². The number of nitrogens with zero attached hydrogens (tertiary/aromatic N) is 3. The lowest BCUT2D eigenvalue weighted by molar-refractivity contribution is -0.105. The number of hydrogen-bond donors (Lipinski definition) is 3. The summed E-state index contributed by atoms with van der Waals surface area (Å²) < 4.78 is 16.1. The SMILES string of the molecule is CC1=C(C)C(c2ccc(Br)c(F)c2)n2nc(CO)cc2N1.O=CNc1ccc2cnccc2c1. The molecule has 1 aliphatic rings. The Bertz CT molecular complexity index is 1390. The monoisotopic (exact) mass is 523 g/mol. The zero-order valence-electron chi connectivity index (χ0n) is 18.6. The summed E-state index contributed by atoms with van der Waals surface area (Å²) in [6.07, 6.45) is 4.19. The van der Waals surface area contributed by atoms with E-state index in [9.17, 15) is 14.3 Å². The van der Waals surface area contributed by atoms with Crippen LogP contribution in [0.25, 0.3) is 10.8 Å². The van der Waals surface area contributed by atoms with E-state index in [1.54, 1.807) is 29.2 Å². The highest BCUT2D eigenvalue weighted by atomic mass is 79.9. The van der Waals surface area contributed by atoms with Crippen molar-refractivity contribution >= 4 is 44.6 Å². The highest BCUT2D eigenvalue weighted by molar-refractivity contribution is 9.10. The van der Waals surface area contributed by atoms with Crippen molar-refractivity contribution in [1.82, 2.24) is 14.8 Å². The lowest BCUT2D eigenvalue weighted by Gasteiger charge is -2.28. The Labute approximate surface area is 204 Å². The van der Waals surface area contributed by atoms with Crippen molar-refractivity contribution in [2.75, 3.05) is 10.6 Å². The van der Waals surface area contributed by atoms with Crippen molar-refractivity contribution in [3.63, 3.8) is 0 Å². The van der Waals surface area contributed by atoms with Crippen LogP contribution in [-0.4, -0.2) is 26.3 Å². The third-order valence-electron chi connectivity index (χ3n) is 5.64. The van der Waals surface area contributed by atoms with Crippen LogP contribution in [0.5, 0.6) is 0 Å². The second kappa shape index (κ2) is 10.1. The van der Waals surface area contributed by atoms with Gasteiger partial charge in [-0.2, -0.15) is 5.10 Å². The standard InChI is InChI=1S/C15H15BrFN3O.C10H8N2O/c1-8-9(2)18-14-6-11(7-21)19-20(14)15(8)10-3-4-12(16)13(17)5-10;13-7-12-10-2-1-9-6-11-4-3-8(9)5-10/h3-6,15,18,21H,7H2,1-2H3;1-7H,(H,12,13). The smallest absolute Gasteiger partial charge is 0.211 e. The van der Waals surface area contributed by atoms with Crippen molar-refractivity contribution in [2.24, 2.45) is 0 Å². The van der Waals surface area contributed by atoms with Gasteiger partial charge in [0.25, 0.3) is 0 Å². The summed E-state index contributed by atoms with van der Waals surface area (Å²) in [4.78, 5) is 14.2. The normalized spacial score (nSPS) is 14.7. The molecule has 1 atom stereocenters. The third-order valence-corrected chi connectivity index (χ3v) is 6.28. The number of allylic oxidation sites excluding steroid dienone is 2. The van der Waals surface area contributed by atoms with E-state index in [1.165, 1.54) is 6.07 Å². The first-order valence-corrected chi connectivity index (χ1v) is 11.3. The van der Waals surface area contributed by atoms with Gasteiger partial charge in [0.1, 0.15) is 17.7 Å². The Hall–Kier alpha value is -3.56. The molecule has 4 aromatic rings. The van der Waals surface area contributed by atoms with Gasteiger partial charge in [-0.1, -0.05) is 12.1 Å². The van der Waals surface area contributed by atoms with Crippen LogP contribution in [0.1, 0.15) is 31.1 Å². The number of nitrogens with one attached hydrogen (secondary N) is 2. The van der Waals surface area contributed by atoms with Crippen LogP contribution in [0, 0.1) is 5.82 Å². The van der Waals surface area contributed by atoms with Crippen LogP contribution >= 0.6 is 15.9 Å². The van der Waals surface area contributed by atoms with Crippen molar-refractivity contribution in [3.8, 4) is 0 Å². The minimum absolute atomic E-state index is 0.124. The molecule has 0 saturated carbocycles. The largest absolute Gasteiger partial charge is 0.390 e. The molecular weight excluding hydrogens is 501 g/mol. The molecule has 34 heavy (non-hydrogen) atoms. The number of aliphatic hydroxyl groups is 1. The molecule has 2 aromatic heterocycles. The molecule has 0 saturated heterocycles. The third kappa shape index (κ3) is 4.85. The van der Waals surface area contributed by atoms with Gasteiger partial charge in [-0.3, -0.25) is 9.78 Å². The Morgan fingerprint density at radius 2 is 2.00 bits per heavy atom. The molecule has 3 N–H and O–H groups in total.